The molecule has 1 aromatic carbocycles. The van der Waals surface area contributed by atoms with E-state index in [1.807, 2.05) is 24.3 Å². The van der Waals surface area contributed by atoms with Crippen molar-refractivity contribution in [3.05, 3.63) is 35.4 Å². The first-order valence-corrected chi connectivity index (χ1v) is 9.00. The minimum absolute atomic E-state index is 0.0600. The van der Waals surface area contributed by atoms with Crippen molar-refractivity contribution in [2.45, 2.75) is 30.0 Å². The van der Waals surface area contributed by atoms with E-state index < -0.39 is 27.0 Å². The number of fused-ring (bicyclic) bond motifs is 2. The van der Waals surface area contributed by atoms with Crippen molar-refractivity contribution in [3.8, 4) is 0 Å². The molecule has 1 spiro atoms. The zero-order valence-electron chi connectivity index (χ0n) is 12.1. The molecule has 2 saturated heterocycles. The third-order valence-corrected chi connectivity index (χ3v) is 7.20. The Bertz CT molecular complexity index is 691. The standard InChI is InChI=1S/C15H19NO5S/c17-13-8-20-9-14(13)22(18,19)16-6-5-15(10-16)12-4-2-1-3-11(12)7-21-15/h1-4,13-14,17H,5-10H2. The molecule has 120 valence electrons. The van der Waals surface area contributed by atoms with Gasteiger partial charge in [0.1, 0.15) is 10.9 Å². The van der Waals surface area contributed by atoms with Gasteiger partial charge in [0.25, 0.3) is 0 Å². The molecule has 22 heavy (non-hydrogen) atoms. The number of aliphatic hydroxyl groups is 1. The van der Waals surface area contributed by atoms with Gasteiger partial charge in [-0.1, -0.05) is 24.3 Å². The van der Waals surface area contributed by atoms with Crippen LogP contribution in [0.3, 0.4) is 0 Å². The molecule has 0 aromatic heterocycles. The molecule has 1 N–H and O–H groups in total. The Morgan fingerprint density at radius 3 is 2.86 bits per heavy atom. The smallest absolute Gasteiger partial charge is 0.222 e. The highest BCUT2D eigenvalue weighted by atomic mass is 32.2. The van der Waals surface area contributed by atoms with Gasteiger partial charge in [0.05, 0.1) is 25.9 Å². The number of nitrogens with zero attached hydrogens (tertiary/aromatic N) is 1. The van der Waals surface area contributed by atoms with Crippen LogP contribution in [0, 0.1) is 0 Å². The van der Waals surface area contributed by atoms with E-state index in [4.69, 9.17) is 9.47 Å². The summed E-state index contributed by atoms with van der Waals surface area (Å²) in [5, 5.41) is 8.98. The molecule has 0 amide bonds. The summed E-state index contributed by atoms with van der Waals surface area (Å²) in [6.45, 7) is 1.40. The molecule has 3 unspecified atom stereocenters. The van der Waals surface area contributed by atoms with Gasteiger partial charge in [0.15, 0.2) is 0 Å². The Morgan fingerprint density at radius 1 is 1.27 bits per heavy atom. The maximum Gasteiger partial charge on any atom is 0.222 e. The fraction of sp³-hybridized carbons (Fsp3) is 0.600. The molecule has 0 radical (unpaired) electrons. The van der Waals surface area contributed by atoms with E-state index in [0.717, 1.165) is 11.1 Å². The predicted molar refractivity (Wildman–Crippen MR) is 78.6 cm³/mol. The minimum atomic E-state index is -3.58. The molecular weight excluding hydrogens is 306 g/mol. The largest absolute Gasteiger partial charge is 0.389 e. The lowest BCUT2D eigenvalue weighted by Gasteiger charge is -2.26. The molecule has 0 aliphatic carbocycles. The monoisotopic (exact) mass is 325 g/mol. The second kappa shape index (κ2) is 5.01. The van der Waals surface area contributed by atoms with E-state index in [1.54, 1.807) is 0 Å². The molecule has 0 saturated carbocycles. The summed E-state index contributed by atoms with van der Waals surface area (Å²) in [6.07, 6.45) is -0.300. The summed E-state index contributed by atoms with van der Waals surface area (Å²) in [5.74, 6) is 0. The van der Waals surface area contributed by atoms with Crippen LogP contribution in [0.5, 0.6) is 0 Å². The van der Waals surface area contributed by atoms with Crippen molar-refractivity contribution in [1.82, 2.24) is 4.31 Å². The first kappa shape index (κ1) is 14.6. The molecule has 0 bridgehead atoms. The highest BCUT2D eigenvalue weighted by molar-refractivity contribution is 7.89. The van der Waals surface area contributed by atoms with Gasteiger partial charge in [-0.05, 0) is 17.5 Å². The topological polar surface area (TPSA) is 76.1 Å². The molecule has 3 heterocycles. The maximum absolute atomic E-state index is 12.7. The van der Waals surface area contributed by atoms with E-state index in [9.17, 15) is 13.5 Å². The SMILES string of the molecule is O=S(=O)(C1COCC1O)N1CCC2(C1)OCc1ccccc12. The average molecular weight is 325 g/mol. The summed E-state index contributed by atoms with van der Waals surface area (Å²) >= 11 is 0. The normalized spacial score (nSPS) is 35.3. The summed E-state index contributed by atoms with van der Waals surface area (Å²) in [6, 6.07) is 7.97. The van der Waals surface area contributed by atoms with Crippen molar-refractivity contribution in [1.29, 1.82) is 0 Å². The molecule has 6 nitrogen and oxygen atoms in total. The predicted octanol–water partition coefficient (Wildman–Crippen LogP) is 0.207. The first-order valence-electron chi connectivity index (χ1n) is 7.50. The van der Waals surface area contributed by atoms with Gasteiger partial charge >= 0.3 is 0 Å². The van der Waals surface area contributed by atoms with Gasteiger partial charge in [-0.3, -0.25) is 0 Å². The number of rotatable bonds is 2. The third-order valence-electron chi connectivity index (χ3n) is 4.95. The molecule has 2 fully saturated rings. The number of benzene rings is 1. The van der Waals surface area contributed by atoms with Crippen molar-refractivity contribution >= 4 is 10.0 Å². The van der Waals surface area contributed by atoms with Crippen LogP contribution >= 0.6 is 0 Å². The molecular formula is C15H19NO5S. The fourth-order valence-electron chi connectivity index (χ4n) is 3.69. The van der Waals surface area contributed by atoms with Crippen LogP contribution in [0.4, 0.5) is 0 Å². The van der Waals surface area contributed by atoms with Gasteiger partial charge in [-0.25, -0.2) is 8.42 Å². The highest BCUT2D eigenvalue weighted by Crippen LogP contribution is 2.44. The van der Waals surface area contributed by atoms with E-state index in [1.165, 1.54) is 4.31 Å². The number of hydrogen-bond acceptors (Lipinski definition) is 5. The molecule has 1 aromatic rings. The van der Waals surface area contributed by atoms with Crippen molar-refractivity contribution in [2.75, 3.05) is 26.3 Å². The lowest BCUT2D eigenvalue weighted by Crippen LogP contribution is -2.44. The van der Waals surface area contributed by atoms with Gasteiger partial charge in [-0.15, -0.1) is 0 Å². The minimum Gasteiger partial charge on any atom is -0.389 e. The molecule has 3 aliphatic heterocycles. The van der Waals surface area contributed by atoms with Gasteiger partial charge in [0, 0.05) is 13.1 Å². The first-order chi connectivity index (χ1) is 10.5. The number of aliphatic hydroxyl groups excluding tert-OH is 1. The second-order valence-corrected chi connectivity index (χ2v) is 8.36. The Labute approximate surface area is 129 Å². The molecule has 3 aliphatic rings. The second-order valence-electron chi connectivity index (χ2n) is 6.21. The molecule has 7 heteroatoms. The summed E-state index contributed by atoms with van der Waals surface area (Å²) in [7, 11) is -3.58. The lowest BCUT2D eigenvalue weighted by atomic mass is 9.92. The van der Waals surface area contributed by atoms with Crippen molar-refractivity contribution in [3.63, 3.8) is 0 Å². The van der Waals surface area contributed by atoms with E-state index in [-0.39, 0.29) is 13.2 Å². The zero-order chi connectivity index (χ0) is 15.4. The number of ether oxygens (including phenoxy) is 2. The van der Waals surface area contributed by atoms with Crippen LogP contribution in [0.2, 0.25) is 0 Å². The van der Waals surface area contributed by atoms with Crippen LogP contribution in [0.15, 0.2) is 24.3 Å². The van der Waals surface area contributed by atoms with Crippen LogP contribution in [0.1, 0.15) is 17.5 Å². The van der Waals surface area contributed by atoms with E-state index in [0.29, 0.717) is 26.1 Å². The van der Waals surface area contributed by atoms with Crippen LogP contribution in [0.25, 0.3) is 0 Å². The zero-order valence-corrected chi connectivity index (χ0v) is 13.0. The lowest BCUT2D eigenvalue weighted by molar-refractivity contribution is -0.0256. The summed E-state index contributed by atoms with van der Waals surface area (Å²) in [4.78, 5) is 0. The maximum atomic E-state index is 12.7. The Balaban J connectivity index is 1.61. The van der Waals surface area contributed by atoms with Gasteiger partial charge in [-0.2, -0.15) is 4.31 Å². The van der Waals surface area contributed by atoms with Crippen LogP contribution in [-0.4, -0.2) is 55.5 Å². The van der Waals surface area contributed by atoms with E-state index in [2.05, 4.69) is 0 Å². The third kappa shape index (κ3) is 2.04. The van der Waals surface area contributed by atoms with Gasteiger partial charge in [0.2, 0.25) is 10.0 Å². The number of sulfonamides is 1. The van der Waals surface area contributed by atoms with Crippen LogP contribution in [-0.2, 0) is 31.7 Å². The van der Waals surface area contributed by atoms with Gasteiger partial charge < -0.3 is 14.6 Å². The van der Waals surface area contributed by atoms with Crippen molar-refractivity contribution in [2.24, 2.45) is 0 Å². The Hall–Kier alpha value is -0.990. The average Bonchev–Trinajstić information content (AvgIpc) is 3.21. The van der Waals surface area contributed by atoms with Crippen molar-refractivity contribution < 1.29 is 23.0 Å². The molecule has 3 atom stereocenters. The quantitative estimate of drug-likeness (QED) is 0.841. The van der Waals surface area contributed by atoms with E-state index >= 15 is 0 Å². The Kier molecular flexibility index (Phi) is 3.32. The Morgan fingerprint density at radius 2 is 2.09 bits per heavy atom. The summed E-state index contributed by atoms with van der Waals surface area (Å²) < 4.78 is 38.0. The highest BCUT2D eigenvalue weighted by Gasteiger charge is 2.51. The van der Waals surface area contributed by atoms with Crippen LogP contribution < -0.4 is 0 Å². The summed E-state index contributed by atoms with van der Waals surface area (Å²) in [5.41, 5.74) is 1.69. The molecule has 4 rings (SSSR count). The number of hydrogen-bond donors (Lipinski definition) is 1. The fourth-order valence-corrected chi connectivity index (χ4v) is 5.55.